The summed E-state index contributed by atoms with van der Waals surface area (Å²) in [5.41, 5.74) is 6.77. The zero-order valence-corrected chi connectivity index (χ0v) is 13.7. The molecule has 1 N–H and O–H groups in total. The van der Waals surface area contributed by atoms with E-state index in [1.54, 1.807) is 0 Å². The third-order valence-corrected chi connectivity index (χ3v) is 4.28. The molecule has 0 aliphatic carbocycles. The molecule has 0 radical (unpaired) electrons. The number of aryl methyl sites for hydroxylation is 1. The minimum atomic E-state index is 0.470. The SMILES string of the molecule is CCCNC(CC)c1ccc(-c2cccc(C)c2C)cc1. The van der Waals surface area contributed by atoms with E-state index in [1.807, 2.05) is 0 Å². The molecule has 2 rings (SSSR count). The number of benzene rings is 2. The maximum atomic E-state index is 3.62. The fraction of sp³-hybridized carbons (Fsp3) is 0.400. The summed E-state index contributed by atoms with van der Waals surface area (Å²) in [4.78, 5) is 0. The lowest BCUT2D eigenvalue weighted by Crippen LogP contribution is -2.21. The van der Waals surface area contributed by atoms with Crippen molar-refractivity contribution < 1.29 is 0 Å². The third-order valence-electron chi connectivity index (χ3n) is 4.28. The third kappa shape index (κ3) is 3.74. The van der Waals surface area contributed by atoms with E-state index in [0.717, 1.165) is 13.0 Å². The van der Waals surface area contributed by atoms with Gasteiger partial charge in [-0.05, 0) is 61.1 Å². The first kappa shape index (κ1) is 15.8. The quantitative estimate of drug-likeness (QED) is 0.745. The second kappa shape index (κ2) is 7.42. The van der Waals surface area contributed by atoms with Gasteiger partial charge in [-0.1, -0.05) is 56.3 Å². The maximum absolute atomic E-state index is 3.62. The second-order valence-corrected chi connectivity index (χ2v) is 5.78. The highest BCUT2D eigenvalue weighted by Gasteiger charge is 2.09. The summed E-state index contributed by atoms with van der Waals surface area (Å²) >= 11 is 0. The van der Waals surface area contributed by atoms with Gasteiger partial charge >= 0.3 is 0 Å². The van der Waals surface area contributed by atoms with Crippen molar-refractivity contribution in [2.24, 2.45) is 0 Å². The van der Waals surface area contributed by atoms with Crippen LogP contribution in [0.3, 0.4) is 0 Å². The molecule has 0 fully saturated rings. The van der Waals surface area contributed by atoms with E-state index in [-0.39, 0.29) is 0 Å². The Morgan fingerprint density at radius 3 is 2.29 bits per heavy atom. The normalized spacial score (nSPS) is 12.4. The van der Waals surface area contributed by atoms with Crippen LogP contribution >= 0.6 is 0 Å². The molecule has 1 unspecified atom stereocenters. The van der Waals surface area contributed by atoms with E-state index in [0.29, 0.717) is 6.04 Å². The van der Waals surface area contributed by atoms with Crippen molar-refractivity contribution in [2.75, 3.05) is 6.54 Å². The molecule has 0 aliphatic rings. The summed E-state index contributed by atoms with van der Waals surface area (Å²) < 4.78 is 0. The smallest absolute Gasteiger partial charge is 0.0317 e. The molecule has 1 heteroatoms. The van der Waals surface area contributed by atoms with E-state index >= 15 is 0 Å². The van der Waals surface area contributed by atoms with E-state index in [4.69, 9.17) is 0 Å². The molecule has 0 aliphatic heterocycles. The molecular weight excluding hydrogens is 254 g/mol. The van der Waals surface area contributed by atoms with Crippen molar-refractivity contribution in [1.82, 2.24) is 5.32 Å². The standard InChI is InChI=1S/C20H27N/c1-5-14-21-20(6-2)18-12-10-17(11-13-18)19-9-7-8-15(3)16(19)4/h7-13,20-21H,5-6,14H2,1-4H3. The van der Waals surface area contributed by atoms with E-state index in [1.165, 1.54) is 34.2 Å². The molecule has 0 saturated carbocycles. The van der Waals surface area contributed by atoms with Gasteiger partial charge in [-0.3, -0.25) is 0 Å². The van der Waals surface area contributed by atoms with E-state index in [9.17, 15) is 0 Å². The molecule has 1 atom stereocenters. The van der Waals surface area contributed by atoms with Gasteiger partial charge in [-0.2, -0.15) is 0 Å². The van der Waals surface area contributed by atoms with Gasteiger partial charge in [0.25, 0.3) is 0 Å². The van der Waals surface area contributed by atoms with Crippen LogP contribution in [0.5, 0.6) is 0 Å². The Labute approximate surface area is 129 Å². The van der Waals surface area contributed by atoms with Crippen LogP contribution in [0.2, 0.25) is 0 Å². The van der Waals surface area contributed by atoms with Crippen LogP contribution in [-0.4, -0.2) is 6.54 Å². The Bertz CT molecular complexity index is 569. The molecule has 2 aromatic carbocycles. The van der Waals surface area contributed by atoms with Crippen LogP contribution in [0.4, 0.5) is 0 Å². The lowest BCUT2D eigenvalue weighted by atomic mass is 9.95. The van der Waals surface area contributed by atoms with Crippen molar-refractivity contribution >= 4 is 0 Å². The lowest BCUT2D eigenvalue weighted by molar-refractivity contribution is 0.518. The van der Waals surface area contributed by atoms with Crippen LogP contribution < -0.4 is 5.32 Å². The van der Waals surface area contributed by atoms with Crippen molar-refractivity contribution in [3.63, 3.8) is 0 Å². The van der Waals surface area contributed by atoms with Gasteiger partial charge < -0.3 is 5.32 Å². The zero-order chi connectivity index (χ0) is 15.2. The maximum Gasteiger partial charge on any atom is 0.0317 e. The highest BCUT2D eigenvalue weighted by atomic mass is 14.9. The Balaban J connectivity index is 2.24. The summed E-state index contributed by atoms with van der Waals surface area (Å²) in [6.45, 7) is 9.91. The molecule has 0 saturated heterocycles. The number of nitrogens with one attached hydrogen (secondary N) is 1. The average Bonchev–Trinajstić information content (AvgIpc) is 2.51. The van der Waals surface area contributed by atoms with Crippen molar-refractivity contribution in [1.29, 1.82) is 0 Å². The highest BCUT2D eigenvalue weighted by molar-refractivity contribution is 5.68. The van der Waals surface area contributed by atoms with Gasteiger partial charge in [0.15, 0.2) is 0 Å². The molecular formula is C20H27N. The molecule has 0 aromatic heterocycles. The Hall–Kier alpha value is -1.60. The van der Waals surface area contributed by atoms with E-state index < -0.39 is 0 Å². The first-order valence-corrected chi connectivity index (χ1v) is 8.07. The van der Waals surface area contributed by atoms with Crippen LogP contribution in [0.1, 0.15) is 49.4 Å². The molecule has 1 nitrogen and oxygen atoms in total. The van der Waals surface area contributed by atoms with Gasteiger partial charge in [0.2, 0.25) is 0 Å². The van der Waals surface area contributed by atoms with Gasteiger partial charge in [-0.15, -0.1) is 0 Å². The van der Waals surface area contributed by atoms with Gasteiger partial charge in [0, 0.05) is 6.04 Å². The molecule has 0 heterocycles. The Kier molecular flexibility index (Phi) is 5.58. The molecule has 0 bridgehead atoms. The van der Waals surface area contributed by atoms with E-state index in [2.05, 4.69) is 75.5 Å². The average molecular weight is 281 g/mol. The van der Waals surface area contributed by atoms with Crippen LogP contribution in [0.25, 0.3) is 11.1 Å². The predicted octanol–water partition coefficient (Wildman–Crippen LogP) is 5.42. The first-order chi connectivity index (χ1) is 10.2. The van der Waals surface area contributed by atoms with Gasteiger partial charge in [0.1, 0.15) is 0 Å². The largest absolute Gasteiger partial charge is 0.310 e. The van der Waals surface area contributed by atoms with Crippen molar-refractivity contribution in [2.45, 2.75) is 46.6 Å². The Morgan fingerprint density at radius 1 is 0.952 bits per heavy atom. The first-order valence-electron chi connectivity index (χ1n) is 8.07. The molecule has 0 amide bonds. The van der Waals surface area contributed by atoms with Crippen LogP contribution in [0, 0.1) is 13.8 Å². The van der Waals surface area contributed by atoms with Crippen LogP contribution in [-0.2, 0) is 0 Å². The number of rotatable bonds is 6. The second-order valence-electron chi connectivity index (χ2n) is 5.78. The fourth-order valence-electron chi connectivity index (χ4n) is 2.78. The highest BCUT2D eigenvalue weighted by Crippen LogP contribution is 2.27. The molecule has 21 heavy (non-hydrogen) atoms. The minimum absolute atomic E-state index is 0.470. The van der Waals surface area contributed by atoms with Gasteiger partial charge in [0.05, 0.1) is 0 Å². The summed E-state index contributed by atoms with van der Waals surface area (Å²) in [5, 5.41) is 3.62. The Morgan fingerprint density at radius 2 is 1.67 bits per heavy atom. The number of hydrogen-bond acceptors (Lipinski definition) is 1. The zero-order valence-electron chi connectivity index (χ0n) is 13.7. The topological polar surface area (TPSA) is 12.0 Å². The summed E-state index contributed by atoms with van der Waals surface area (Å²) in [6.07, 6.45) is 2.31. The lowest BCUT2D eigenvalue weighted by Gasteiger charge is -2.18. The fourth-order valence-corrected chi connectivity index (χ4v) is 2.78. The van der Waals surface area contributed by atoms with Crippen molar-refractivity contribution in [3.8, 4) is 11.1 Å². The molecule has 2 aromatic rings. The molecule has 0 spiro atoms. The number of hydrogen-bond donors (Lipinski definition) is 1. The van der Waals surface area contributed by atoms with Gasteiger partial charge in [-0.25, -0.2) is 0 Å². The van der Waals surface area contributed by atoms with Crippen LogP contribution in [0.15, 0.2) is 42.5 Å². The van der Waals surface area contributed by atoms with Crippen molar-refractivity contribution in [3.05, 3.63) is 59.2 Å². The molecule has 112 valence electrons. The minimum Gasteiger partial charge on any atom is -0.310 e. The monoisotopic (exact) mass is 281 g/mol. The summed E-state index contributed by atoms with van der Waals surface area (Å²) in [7, 11) is 0. The predicted molar refractivity (Wildman–Crippen MR) is 92.7 cm³/mol. The summed E-state index contributed by atoms with van der Waals surface area (Å²) in [5.74, 6) is 0. The summed E-state index contributed by atoms with van der Waals surface area (Å²) in [6, 6.07) is 16.1.